The fourth-order valence-electron chi connectivity index (χ4n) is 7.44. The zero-order valence-corrected chi connectivity index (χ0v) is 45.1. The number of ether oxygens (including phenoxy) is 5. The minimum Gasteiger partial charge on any atom is -0.461 e. The van der Waals surface area contributed by atoms with E-state index in [2.05, 4.69) is 37.2 Å². The monoisotopic (exact) mass is 1130 g/mol. The van der Waals surface area contributed by atoms with Gasteiger partial charge in [-0.1, -0.05) is 152 Å². The molecule has 0 bridgehead atoms. The highest BCUT2D eigenvalue weighted by molar-refractivity contribution is 5.98. The second-order valence-electron chi connectivity index (χ2n) is 18.4. The van der Waals surface area contributed by atoms with Gasteiger partial charge in [0.25, 0.3) is 0 Å². The Balaban J connectivity index is 1.23. The first-order valence-electron chi connectivity index (χ1n) is 26.3. The Bertz CT molecular complexity index is 2850. The molecule has 5 rings (SSSR count). The number of rotatable bonds is 32. The summed E-state index contributed by atoms with van der Waals surface area (Å²) in [5.74, 6) is -8.11. The van der Waals surface area contributed by atoms with Gasteiger partial charge >= 0.3 is 30.1 Å². The minimum absolute atomic E-state index is 0.0490. The Morgan fingerprint density at radius 2 is 0.793 bits per heavy atom. The van der Waals surface area contributed by atoms with Crippen LogP contribution >= 0.6 is 0 Å². The van der Waals surface area contributed by atoms with Crippen molar-refractivity contribution in [1.82, 2.24) is 37.2 Å². The maximum atomic E-state index is 13.9. The molecule has 23 nitrogen and oxygen atoms in total. The number of nitrogens with one attached hydrogen (secondary N) is 7. The molecule has 5 aromatic rings. The van der Waals surface area contributed by atoms with E-state index in [1.54, 1.807) is 121 Å². The summed E-state index contributed by atoms with van der Waals surface area (Å²) in [5, 5.41) is 27.2. The molecular formula is C59H67N7O16. The molecule has 0 aromatic heterocycles. The highest BCUT2D eigenvalue weighted by Crippen LogP contribution is 2.10. The molecule has 82 heavy (non-hydrogen) atoms. The fourth-order valence-corrected chi connectivity index (χ4v) is 7.44. The van der Waals surface area contributed by atoms with Gasteiger partial charge in [0.1, 0.15) is 63.2 Å². The number of esters is 3. The van der Waals surface area contributed by atoms with Crippen molar-refractivity contribution in [3.8, 4) is 0 Å². The summed E-state index contributed by atoms with van der Waals surface area (Å²) >= 11 is 0. The van der Waals surface area contributed by atoms with E-state index in [-0.39, 0.29) is 46.0 Å². The molecule has 0 radical (unpaired) electrons. The SMILES string of the molecule is C[C@H](NC(=O)OCc1ccccc1)C(=O)N[C@@H](CC(=O)OCc1ccccc1)C(=O)N[C@@H](CO)C(=O)N[C@@H](CC(=O)OCc1ccccc1)C(=O)NCC(=O)N[C@@H](CCCCNC(=O)OCc1ccccc1)C(=O)OCc1ccccc1. The van der Waals surface area contributed by atoms with Crippen molar-refractivity contribution >= 4 is 59.6 Å². The molecule has 5 atom stereocenters. The van der Waals surface area contributed by atoms with Gasteiger partial charge in [-0.2, -0.15) is 0 Å². The van der Waals surface area contributed by atoms with Gasteiger partial charge < -0.3 is 66.0 Å². The maximum Gasteiger partial charge on any atom is 0.408 e. The molecule has 0 saturated carbocycles. The van der Waals surface area contributed by atoms with Crippen LogP contribution in [-0.2, 0) is 95.1 Å². The van der Waals surface area contributed by atoms with Crippen LogP contribution in [0.25, 0.3) is 0 Å². The number of amides is 7. The summed E-state index contributed by atoms with van der Waals surface area (Å²) in [6.07, 6.45) is -2.52. The number of aliphatic hydroxyl groups excluding tert-OH is 1. The number of benzene rings is 5. The van der Waals surface area contributed by atoms with Gasteiger partial charge in [-0.25, -0.2) is 14.4 Å². The van der Waals surface area contributed by atoms with Crippen LogP contribution < -0.4 is 37.2 Å². The van der Waals surface area contributed by atoms with Gasteiger partial charge in [-0.05, 0) is 54.0 Å². The summed E-state index contributed by atoms with van der Waals surface area (Å²) in [6, 6.07) is 35.5. The zero-order chi connectivity index (χ0) is 58.9. The third kappa shape index (κ3) is 24.2. The lowest BCUT2D eigenvalue weighted by Gasteiger charge is -2.25. The third-order valence-corrected chi connectivity index (χ3v) is 11.9. The average Bonchev–Trinajstić information content (AvgIpc) is 3.50. The molecule has 5 aromatic carbocycles. The second kappa shape index (κ2) is 35.1. The van der Waals surface area contributed by atoms with Crippen molar-refractivity contribution in [1.29, 1.82) is 0 Å². The Kier molecular flexibility index (Phi) is 27.0. The first-order valence-corrected chi connectivity index (χ1v) is 26.3. The molecule has 7 amide bonds. The Labute approximate surface area is 473 Å². The summed E-state index contributed by atoms with van der Waals surface area (Å²) in [6.45, 7) is -1.05. The molecule has 0 unspecified atom stereocenters. The zero-order valence-electron chi connectivity index (χ0n) is 45.1. The smallest absolute Gasteiger partial charge is 0.408 e. The van der Waals surface area contributed by atoms with Crippen LogP contribution in [0.5, 0.6) is 0 Å². The van der Waals surface area contributed by atoms with Crippen LogP contribution in [-0.4, -0.2) is 115 Å². The van der Waals surface area contributed by atoms with Crippen LogP contribution in [0.1, 0.15) is 66.8 Å². The number of hydrogen-bond acceptors (Lipinski definition) is 16. The minimum atomic E-state index is -1.90. The van der Waals surface area contributed by atoms with Crippen molar-refractivity contribution in [3.63, 3.8) is 0 Å². The lowest BCUT2D eigenvalue weighted by molar-refractivity contribution is -0.149. The van der Waals surface area contributed by atoms with E-state index in [9.17, 15) is 53.1 Å². The molecule has 8 N–H and O–H groups in total. The van der Waals surface area contributed by atoms with Gasteiger partial charge in [-0.3, -0.25) is 33.6 Å². The quantitative estimate of drug-likeness (QED) is 0.0174. The number of hydrogen-bond donors (Lipinski definition) is 8. The molecule has 0 aliphatic heterocycles. The van der Waals surface area contributed by atoms with Gasteiger partial charge in [0.2, 0.25) is 29.5 Å². The van der Waals surface area contributed by atoms with Crippen molar-refractivity contribution in [2.24, 2.45) is 0 Å². The lowest BCUT2D eigenvalue weighted by Crippen LogP contribution is -2.59. The summed E-state index contributed by atoms with van der Waals surface area (Å²) in [5.41, 5.74) is 3.34. The molecule has 434 valence electrons. The Hall–Kier alpha value is -9.64. The number of carbonyl (C=O) groups excluding carboxylic acids is 10. The van der Waals surface area contributed by atoms with E-state index >= 15 is 0 Å². The Morgan fingerprint density at radius 3 is 1.26 bits per heavy atom. The van der Waals surface area contributed by atoms with Gasteiger partial charge in [0, 0.05) is 6.54 Å². The lowest BCUT2D eigenvalue weighted by atomic mass is 10.1. The predicted octanol–water partition coefficient (Wildman–Crippen LogP) is 3.46. The van der Waals surface area contributed by atoms with E-state index in [4.69, 9.17) is 23.7 Å². The molecular weight excluding hydrogens is 1060 g/mol. The molecule has 0 saturated heterocycles. The van der Waals surface area contributed by atoms with Gasteiger partial charge in [-0.15, -0.1) is 0 Å². The topological polar surface area (TPSA) is 321 Å². The largest absolute Gasteiger partial charge is 0.461 e. The molecule has 0 spiro atoms. The number of carbonyl (C=O) groups is 10. The van der Waals surface area contributed by atoms with E-state index < -0.39 is 116 Å². The van der Waals surface area contributed by atoms with Crippen LogP contribution in [0.15, 0.2) is 152 Å². The fraction of sp³-hybridized carbons (Fsp3) is 0.322. The molecule has 0 aliphatic rings. The first kappa shape index (κ1) is 63.2. The standard InChI is InChI=1S/C59H67N7O16/c1-40(62-59(77)82-39-45-27-15-6-16-28-45)53(71)64-48(32-52(70)79-36-42-21-9-3-10-22-42)55(73)66-49(34-67)56(74)65-47(31-51(69)78-35-41-19-7-2-8-20-41)54(72)61-33-50(68)63-46(57(75)80-37-43-23-11-4-12-24-43)29-17-18-30-60-58(76)81-38-44-25-13-5-14-26-44/h2-16,19-28,40,46-49,67H,17-18,29-39H2,1H3,(H,60,76)(H,61,72)(H,62,77)(H,63,68)(H,64,71)(H,65,74)(H,66,73)/t40-,46-,47-,48-,49-/m0/s1. The van der Waals surface area contributed by atoms with Gasteiger partial charge in [0.15, 0.2) is 0 Å². The van der Waals surface area contributed by atoms with E-state index in [1.165, 1.54) is 6.92 Å². The third-order valence-electron chi connectivity index (χ3n) is 11.9. The summed E-state index contributed by atoms with van der Waals surface area (Å²) in [7, 11) is 0. The van der Waals surface area contributed by atoms with Crippen LogP contribution in [0.4, 0.5) is 9.59 Å². The first-order chi connectivity index (χ1) is 39.6. The second-order valence-corrected chi connectivity index (χ2v) is 18.4. The van der Waals surface area contributed by atoms with Crippen molar-refractivity contribution in [2.45, 2.75) is 102 Å². The molecule has 0 heterocycles. The van der Waals surface area contributed by atoms with E-state index in [0.29, 0.717) is 35.1 Å². The van der Waals surface area contributed by atoms with Crippen molar-refractivity contribution < 1.29 is 76.7 Å². The van der Waals surface area contributed by atoms with Gasteiger partial charge in [0.05, 0.1) is 26.0 Å². The van der Waals surface area contributed by atoms with Crippen LogP contribution in [0.3, 0.4) is 0 Å². The molecule has 23 heteroatoms. The normalized spacial score (nSPS) is 12.4. The van der Waals surface area contributed by atoms with Crippen LogP contribution in [0.2, 0.25) is 0 Å². The van der Waals surface area contributed by atoms with Crippen LogP contribution in [0, 0.1) is 0 Å². The number of alkyl carbamates (subject to hydrolysis) is 2. The number of aliphatic hydroxyl groups is 1. The predicted molar refractivity (Wildman–Crippen MR) is 293 cm³/mol. The maximum absolute atomic E-state index is 13.9. The highest BCUT2D eigenvalue weighted by Gasteiger charge is 2.33. The highest BCUT2D eigenvalue weighted by atomic mass is 16.6. The van der Waals surface area contributed by atoms with E-state index in [1.807, 2.05) is 30.3 Å². The van der Waals surface area contributed by atoms with Crippen molar-refractivity contribution in [3.05, 3.63) is 179 Å². The molecule has 0 aliphatic carbocycles. The molecule has 0 fully saturated rings. The Morgan fingerprint density at radius 1 is 0.402 bits per heavy atom. The average molecular weight is 1130 g/mol. The van der Waals surface area contributed by atoms with Crippen molar-refractivity contribution in [2.75, 3.05) is 19.7 Å². The summed E-state index contributed by atoms with van der Waals surface area (Å²) in [4.78, 5) is 133. The van der Waals surface area contributed by atoms with E-state index in [0.717, 1.165) is 5.56 Å². The number of unbranched alkanes of at least 4 members (excludes halogenated alkanes) is 1. The summed E-state index contributed by atoms with van der Waals surface area (Å²) < 4.78 is 26.6.